The van der Waals surface area contributed by atoms with Crippen LogP contribution in [0.2, 0.25) is 0 Å². The number of benzene rings is 1. The van der Waals surface area contributed by atoms with Gasteiger partial charge < -0.3 is 20.1 Å². The number of aliphatic imine (C=N–C) groups is 1. The van der Waals surface area contributed by atoms with E-state index in [0.717, 1.165) is 51.0 Å². The summed E-state index contributed by atoms with van der Waals surface area (Å²) in [5.74, 6) is 1.73. The van der Waals surface area contributed by atoms with Crippen LogP contribution in [0.3, 0.4) is 0 Å². The van der Waals surface area contributed by atoms with Crippen LogP contribution >= 0.6 is 24.0 Å². The third-order valence-electron chi connectivity index (χ3n) is 4.67. The quantitative estimate of drug-likeness (QED) is 0.360. The molecule has 0 spiro atoms. The molecule has 148 valence electrons. The Bertz CT molecular complexity index is 533. The molecule has 1 fully saturated rings. The molecule has 1 aliphatic heterocycles. The van der Waals surface area contributed by atoms with Gasteiger partial charge >= 0.3 is 0 Å². The summed E-state index contributed by atoms with van der Waals surface area (Å²) in [6, 6.07) is 9.00. The molecular formula is C19H33IN4O2. The minimum absolute atomic E-state index is 0. The van der Waals surface area contributed by atoms with Gasteiger partial charge in [-0.15, -0.1) is 24.0 Å². The Morgan fingerprint density at radius 2 is 1.92 bits per heavy atom. The van der Waals surface area contributed by atoms with Crippen LogP contribution in [0.25, 0.3) is 0 Å². The van der Waals surface area contributed by atoms with Crippen molar-refractivity contribution >= 4 is 29.9 Å². The number of hydrogen-bond donors (Lipinski definition) is 2. The molecule has 1 saturated heterocycles. The van der Waals surface area contributed by atoms with E-state index in [4.69, 9.17) is 9.47 Å². The normalized spacial score (nSPS) is 17.8. The Balaban J connectivity index is 0.00000338. The number of guanidine groups is 1. The zero-order chi connectivity index (χ0) is 18.1. The van der Waals surface area contributed by atoms with Crippen molar-refractivity contribution in [3.8, 4) is 5.75 Å². The number of rotatable bonds is 7. The van der Waals surface area contributed by atoms with Crippen molar-refractivity contribution < 1.29 is 9.47 Å². The second-order valence-corrected chi connectivity index (χ2v) is 6.34. The molecule has 0 saturated carbocycles. The molecule has 26 heavy (non-hydrogen) atoms. The summed E-state index contributed by atoms with van der Waals surface area (Å²) in [6.07, 6.45) is 1.06. The molecule has 0 bridgehead atoms. The molecule has 1 aliphatic rings. The Morgan fingerprint density at radius 1 is 1.27 bits per heavy atom. The highest BCUT2D eigenvalue weighted by atomic mass is 127. The van der Waals surface area contributed by atoms with Gasteiger partial charge in [-0.05, 0) is 31.0 Å². The van der Waals surface area contributed by atoms with Gasteiger partial charge in [0.2, 0.25) is 0 Å². The Hall–Kier alpha value is -1.06. The fraction of sp³-hybridized carbons (Fsp3) is 0.632. The first-order valence-corrected chi connectivity index (χ1v) is 9.10. The van der Waals surface area contributed by atoms with Crippen molar-refractivity contribution in [2.45, 2.75) is 32.4 Å². The third-order valence-corrected chi connectivity index (χ3v) is 4.67. The van der Waals surface area contributed by atoms with Gasteiger partial charge in [-0.1, -0.05) is 19.1 Å². The van der Waals surface area contributed by atoms with Gasteiger partial charge in [0.1, 0.15) is 5.75 Å². The third kappa shape index (κ3) is 6.92. The maximum absolute atomic E-state index is 5.52. The molecule has 0 radical (unpaired) electrons. The highest BCUT2D eigenvalue weighted by Gasteiger charge is 2.23. The van der Waals surface area contributed by atoms with Crippen molar-refractivity contribution in [1.82, 2.24) is 15.5 Å². The van der Waals surface area contributed by atoms with Crippen LogP contribution in [0.4, 0.5) is 0 Å². The van der Waals surface area contributed by atoms with Crippen LogP contribution in [0.1, 0.15) is 31.9 Å². The Labute approximate surface area is 174 Å². The van der Waals surface area contributed by atoms with E-state index in [-0.39, 0.29) is 30.0 Å². The lowest BCUT2D eigenvalue weighted by atomic mass is 10.0. The van der Waals surface area contributed by atoms with E-state index in [1.807, 2.05) is 19.2 Å². The summed E-state index contributed by atoms with van der Waals surface area (Å²) in [7, 11) is 3.51. The summed E-state index contributed by atoms with van der Waals surface area (Å²) in [5.41, 5.74) is 1.27. The Kier molecular flexibility index (Phi) is 10.9. The molecule has 1 aromatic rings. The monoisotopic (exact) mass is 476 g/mol. The van der Waals surface area contributed by atoms with Crippen LogP contribution in [0, 0.1) is 0 Å². The molecule has 6 nitrogen and oxygen atoms in total. The van der Waals surface area contributed by atoms with Crippen LogP contribution in [0.5, 0.6) is 5.75 Å². The van der Waals surface area contributed by atoms with Crippen LogP contribution in [-0.4, -0.2) is 63.9 Å². The van der Waals surface area contributed by atoms with Crippen molar-refractivity contribution in [1.29, 1.82) is 0 Å². The second-order valence-electron chi connectivity index (χ2n) is 6.34. The molecule has 0 amide bonds. The van der Waals surface area contributed by atoms with Crippen molar-refractivity contribution in [2.24, 2.45) is 4.99 Å². The summed E-state index contributed by atoms with van der Waals surface area (Å²) in [5, 5.41) is 6.90. The zero-order valence-electron chi connectivity index (χ0n) is 16.3. The fourth-order valence-electron chi connectivity index (χ4n) is 2.90. The molecule has 2 N–H and O–H groups in total. The summed E-state index contributed by atoms with van der Waals surface area (Å²) in [4.78, 5) is 6.81. The van der Waals surface area contributed by atoms with Crippen molar-refractivity contribution in [2.75, 3.05) is 47.0 Å². The van der Waals surface area contributed by atoms with Gasteiger partial charge in [0.25, 0.3) is 0 Å². The Morgan fingerprint density at radius 3 is 2.46 bits per heavy atom. The predicted octanol–water partition coefficient (Wildman–Crippen LogP) is 2.65. The molecular weight excluding hydrogens is 443 g/mol. The van der Waals surface area contributed by atoms with Crippen molar-refractivity contribution in [3.63, 3.8) is 0 Å². The first kappa shape index (κ1) is 23.0. The van der Waals surface area contributed by atoms with E-state index in [1.165, 1.54) is 5.56 Å². The van der Waals surface area contributed by atoms with E-state index in [2.05, 4.69) is 46.5 Å². The molecule has 1 heterocycles. The first-order chi connectivity index (χ1) is 12.2. The van der Waals surface area contributed by atoms with E-state index in [9.17, 15) is 0 Å². The molecule has 2 rings (SSSR count). The smallest absolute Gasteiger partial charge is 0.191 e. The van der Waals surface area contributed by atoms with Gasteiger partial charge in [0.15, 0.2) is 5.96 Å². The summed E-state index contributed by atoms with van der Waals surface area (Å²) < 4.78 is 10.8. The number of hydrogen-bond acceptors (Lipinski definition) is 4. The maximum Gasteiger partial charge on any atom is 0.191 e. The zero-order valence-corrected chi connectivity index (χ0v) is 18.7. The minimum Gasteiger partial charge on any atom is -0.497 e. The number of morpholine rings is 1. The van der Waals surface area contributed by atoms with E-state index < -0.39 is 0 Å². The molecule has 2 unspecified atom stereocenters. The van der Waals surface area contributed by atoms with Gasteiger partial charge in [0, 0.05) is 32.7 Å². The van der Waals surface area contributed by atoms with Gasteiger partial charge in [-0.25, -0.2) is 0 Å². The predicted molar refractivity (Wildman–Crippen MR) is 118 cm³/mol. The molecule has 0 aromatic heterocycles. The highest BCUT2D eigenvalue weighted by Crippen LogP contribution is 2.23. The average molecular weight is 476 g/mol. The number of methoxy groups -OCH3 is 1. The van der Waals surface area contributed by atoms with E-state index in [0.29, 0.717) is 6.04 Å². The van der Waals surface area contributed by atoms with Crippen LogP contribution < -0.4 is 15.4 Å². The molecule has 1 aromatic carbocycles. The molecule has 2 atom stereocenters. The lowest BCUT2D eigenvalue weighted by Gasteiger charge is -2.35. The number of ether oxygens (including phenoxy) is 2. The fourth-order valence-corrected chi connectivity index (χ4v) is 2.90. The summed E-state index contributed by atoms with van der Waals surface area (Å²) >= 11 is 0. The first-order valence-electron chi connectivity index (χ1n) is 9.10. The SMILES string of the molecule is CCC(C)NC(=NC)NCC(c1ccc(OC)cc1)N1CCOCC1.I. The molecule has 0 aliphatic carbocycles. The van der Waals surface area contributed by atoms with Crippen LogP contribution in [0.15, 0.2) is 29.3 Å². The largest absolute Gasteiger partial charge is 0.497 e. The number of nitrogens with one attached hydrogen (secondary N) is 2. The van der Waals surface area contributed by atoms with Gasteiger partial charge in [-0.2, -0.15) is 0 Å². The van der Waals surface area contributed by atoms with E-state index >= 15 is 0 Å². The topological polar surface area (TPSA) is 58.1 Å². The molecule has 7 heteroatoms. The second kappa shape index (κ2) is 12.3. The number of nitrogens with zero attached hydrogens (tertiary/aromatic N) is 2. The standard InChI is InChI=1S/C19H32N4O2.HI/c1-5-15(2)22-19(20-3)21-14-18(23-10-12-25-13-11-23)16-6-8-17(24-4)9-7-16;/h6-9,15,18H,5,10-14H2,1-4H3,(H2,20,21,22);1H. The highest BCUT2D eigenvalue weighted by molar-refractivity contribution is 14.0. The lowest BCUT2D eigenvalue weighted by molar-refractivity contribution is 0.0170. The van der Waals surface area contributed by atoms with Gasteiger partial charge in [0.05, 0.1) is 26.4 Å². The minimum atomic E-state index is 0. The number of halogens is 1. The maximum atomic E-state index is 5.52. The van der Waals surface area contributed by atoms with Gasteiger partial charge in [-0.3, -0.25) is 9.89 Å². The van der Waals surface area contributed by atoms with Crippen molar-refractivity contribution in [3.05, 3.63) is 29.8 Å². The lowest BCUT2D eigenvalue weighted by Crippen LogP contribution is -2.47. The van der Waals surface area contributed by atoms with Crippen LogP contribution in [-0.2, 0) is 4.74 Å². The average Bonchev–Trinajstić information content (AvgIpc) is 2.68. The van der Waals surface area contributed by atoms with E-state index in [1.54, 1.807) is 7.11 Å². The summed E-state index contributed by atoms with van der Waals surface area (Å²) in [6.45, 7) is 8.57.